The molecule has 4 heteroatoms. The van der Waals surface area contributed by atoms with Crippen LogP contribution in [-0.2, 0) is 11.2 Å². The number of carbonyl (C=O) groups is 1. The minimum Gasteiger partial charge on any atom is -0.311 e. The summed E-state index contributed by atoms with van der Waals surface area (Å²) in [6.07, 6.45) is 2.97. The predicted molar refractivity (Wildman–Crippen MR) is 70.2 cm³/mol. The Morgan fingerprint density at radius 2 is 2.35 bits per heavy atom. The summed E-state index contributed by atoms with van der Waals surface area (Å²) in [6.45, 7) is 1.97. The molecule has 0 aromatic carbocycles. The number of aromatic nitrogens is 1. The van der Waals surface area contributed by atoms with Crippen molar-refractivity contribution in [2.45, 2.75) is 19.8 Å². The highest BCUT2D eigenvalue weighted by molar-refractivity contribution is 7.07. The zero-order valence-corrected chi connectivity index (χ0v) is 10.5. The minimum absolute atomic E-state index is 0.00861. The summed E-state index contributed by atoms with van der Waals surface area (Å²) in [6, 6.07) is 5.81. The van der Waals surface area contributed by atoms with E-state index in [1.807, 2.05) is 30.5 Å². The molecule has 2 aromatic heterocycles. The molecular weight excluding hydrogens is 232 g/mol. The summed E-state index contributed by atoms with van der Waals surface area (Å²) < 4.78 is 0. The topological polar surface area (TPSA) is 42.0 Å². The maximum absolute atomic E-state index is 11.7. The Balaban J connectivity index is 1.85. The van der Waals surface area contributed by atoms with Crippen molar-refractivity contribution >= 4 is 23.1 Å². The first-order valence-electron chi connectivity index (χ1n) is 5.47. The Hall–Kier alpha value is -1.68. The number of carbonyl (C=O) groups excluding carboxylic acids is 1. The Morgan fingerprint density at radius 3 is 3.06 bits per heavy atom. The molecule has 1 N–H and O–H groups in total. The van der Waals surface area contributed by atoms with Crippen LogP contribution in [0.4, 0.5) is 5.82 Å². The average molecular weight is 246 g/mol. The van der Waals surface area contributed by atoms with Gasteiger partial charge in [-0.2, -0.15) is 11.3 Å². The van der Waals surface area contributed by atoms with E-state index < -0.39 is 0 Å². The number of nitrogens with one attached hydrogen (secondary N) is 1. The fourth-order valence-corrected chi connectivity index (χ4v) is 2.21. The molecule has 0 fully saturated rings. The van der Waals surface area contributed by atoms with Crippen molar-refractivity contribution in [3.05, 3.63) is 46.3 Å². The summed E-state index contributed by atoms with van der Waals surface area (Å²) in [5, 5.41) is 6.89. The van der Waals surface area contributed by atoms with E-state index in [1.165, 1.54) is 5.56 Å². The Bertz CT molecular complexity index is 494. The smallest absolute Gasteiger partial charge is 0.225 e. The van der Waals surface area contributed by atoms with Gasteiger partial charge in [-0.3, -0.25) is 4.79 Å². The van der Waals surface area contributed by atoms with E-state index in [-0.39, 0.29) is 5.91 Å². The van der Waals surface area contributed by atoms with Crippen molar-refractivity contribution < 1.29 is 4.79 Å². The molecular formula is C13H14N2OS. The summed E-state index contributed by atoms with van der Waals surface area (Å²) in [4.78, 5) is 15.8. The molecule has 88 valence electrons. The standard InChI is InChI=1S/C13H14N2OS/c1-10-4-6-14-12(8-10)15-13(16)3-2-11-5-7-17-9-11/h4-9H,2-3H2,1H3,(H,14,15,16). The minimum atomic E-state index is 0.00861. The van der Waals surface area contributed by atoms with Crippen LogP contribution in [0, 0.1) is 6.92 Å². The lowest BCUT2D eigenvalue weighted by atomic mass is 10.2. The zero-order chi connectivity index (χ0) is 12.1. The summed E-state index contributed by atoms with van der Waals surface area (Å²) in [5.74, 6) is 0.634. The molecule has 0 aliphatic carbocycles. The highest BCUT2D eigenvalue weighted by atomic mass is 32.1. The van der Waals surface area contributed by atoms with Gasteiger partial charge in [-0.1, -0.05) is 0 Å². The van der Waals surface area contributed by atoms with Crippen molar-refractivity contribution in [3.63, 3.8) is 0 Å². The van der Waals surface area contributed by atoms with Crippen LogP contribution in [0.2, 0.25) is 0 Å². The second kappa shape index (κ2) is 5.59. The number of rotatable bonds is 4. The molecule has 0 bridgehead atoms. The molecule has 0 unspecified atom stereocenters. The van der Waals surface area contributed by atoms with Gasteiger partial charge in [0, 0.05) is 12.6 Å². The van der Waals surface area contributed by atoms with Gasteiger partial charge in [0.1, 0.15) is 5.82 Å². The lowest BCUT2D eigenvalue weighted by molar-refractivity contribution is -0.116. The monoisotopic (exact) mass is 246 g/mol. The number of hydrogen-bond donors (Lipinski definition) is 1. The van der Waals surface area contributed by atoms with Crippen LogP contribution in [0.5, 0.6) is 0 Å². The molecule has 0 saturated carbocycles. The van der Waals surface area contributed by atoms with Crippen LogP contribution in [0.15, 0.2) is 35.2 Å². The van der Waals surface area contributed by atoms with E-state index >= 15 is 0 Å². The number of thiophene rings is 1. The first-order chi connectivity index (χ1) is 8.24. The van der Waals surface area contributed by atoms with Gasteiger partial charge < -0.3 is 5.32 Å². The molecule has 0 atom stereocenters. The van der Waals surface area contributed by atoms with Crippen molar-refractivity contribution in [2.24, 2.45) is 0 Å². The normalized spacial score (nSPS) is 10.2. The van der Waals surface area contributed by atoms with E-state index in [1.54, 1.807) is 17.5 Å². The molecule has 0 aliphatic rings. The molecule has 2 heterocycles. The van der Waals surface area contributed by atoms with Crippen LogP contribution in [-0.4, -0.2) is 10.9 Å². The van der Waals surface area contributed by atoms with Crippen molar-refractivity contribution in [1.29, 1.82) is 0 Å². The van der Waals surface area contributed by atoms with E-state index in [9.17, 15) is 4.79 Å². The van der Waals surface area contributed by atoms with Gasteiger partial charge in [0.2, 0.25) is 5.91 Å². The molecule has 2 rings (SSSR count). The third kappa shape index (κ3) is 3.67. The number of hydrogen-bond acceptors (Lipinski definition) is 3. The molecule has 0 radical (unpaired) electrons. The van der Waals surface area contributed by atoms with E-state index in [2.05, 4.69) is 15.7 Å². The Morgan fingerprint density at radius 1 is 1.47 bits per heavy atom. The van der Waals surface area contributed by atoms with Crippen molar-refractivity contribution in [2.75, 3.05) is 5.32 Å². The van der Waals surface area contributed by atoms with Crippen LogP contribution in [0.25, 0.3) is 0 Å². The molecule has 1 amide bonds. The lowest BCUT2D eigenvalue weighted by Crippen LogP contribution is -2.13. The SMILES string of the molecule is Cc1ccnc(NC(=O)CCc2ccsc2)c1. The zero-order valence-electron chi connectivity index (χ0n) is 9.64. The van der Waals surface area contributed by atoms with Crippen LogP contribution in [0.3, 0.4) is 0 Å². The first kappa shape index (κ1) is 11.8. The van der Waals surface area contributed by atoms with Crippen molar-refractivity contribution in [1.82, 2.24) is 4.98 Å². The van der Waals surface area contributed by atoms with Crippen molar-refractivity contribution in [3.8, 4) is 0 Å². The fourth-order valence-electron chi connectivity index (χ4n) is 1.50. The maximum Gasteiger partial charge on any atom is 0.225 e. The van der Waals surface area contributed by atoms with Gasteiger partial charge in [0.05, 0.1) is 0 Å². The number of pyridine rings is 1. The first-order valence-corrected chi connectivity index (χ1v) is 6.42. The van der Waals surface area contributed by atoms with Gasteiger partial charge in [0.15, 0.2) is 0 Å². The number of nitrogens with zero attached hydrogens (tertiary/aromatic N) is 1. The molecule has 0 aliphatic heterocycles. The van der Waals surface area contributed by atoms with Gasteiger partial charge in [0.25, 0.3) is 0 Å². The lowest BCUT2D eigenvalue weighted by Gasteiger charge is -2.04. The van der Waals surface area contributed by atoms with Gasteiger partial charge >= 0.3 is 0 Å². The number of aryl methyl sites for hydroxylation is 2. The van der Waals surface area contributed by atoms with Gasteiger partial charge in [-0.15, -0.1) is 0 Å². The Kier molecular flexibility index (Phi) is 3.88. The van der Waals surface area contributed by atoms with Gasteiger partial charge in [-0.25, -0.2) is 4.98 Å². The molecule has 0 saturated heterocycles. The number of anilines is 1. The quantitative estimate of drug-likeness (QED) is 0.901. The predicted octanol–water partition coefficient (Wildman–Crippen LogP) is 3.02. The van der Waals surface area contributed by atoms with Crippen LogP contribution >= 0.6 is 11.3 Å². The fraction of sp³-hybridized carbons (Fsp3) is 0.231. The van der Waals surface area contributed by atoms with E-state index in [0.717, 1.165) is 12.0 Å². The molecule has 3 nitrogen and oxygen atoms in total. The molecule has 17 heavy (non-hydrogen) atoms. The second-order valence-electron chi connectivity index (χ2n) is 3.90. The largest absolute Gasteiger partial charge is 0.311 e. The molecule has 0 spiro atoms. The molecule has 2 aromatic rings. The number of amides is 1. The van der Waals surface area contributed by atoms with E-state index in [4.69, 9.17) is 0 Å². The van der Waals surface area contributed by atoms with Crippen LogP contribution < -0.4 is 5.32 Å². The van der Waals surface area contributed by atoms with Gasteiger partial charge in [-0.05, 0) is 53.4 Å². The average Bonchev–Trinajstić information content (AvgIpc) is 2.79. The highest BCUT2D eigenvalue weighted by Crippen LogP contribution is 2.10. The summed E-state index contributed by atoms with van der Waals surface area (Å²) in [7, 11) is 0. The third-order valence-corrected chi connectivity index (χ3v) is 3.14. The maximum atomic E-state index is 11.7. The third-order valence-electron chi connectivity index (χ3n) is 2.40. The van der Waals surface area contributed by atoms with Crippen LogP contribution in [0.1, 0.15) is 17.5 Å². The Labute approximate surface area is 105 Å². The second-order valence-corrected chi connectivity index (χ2v) is 4.68. The highest BCUT2D eigenvalue weighted by Gasteiger charge is 2.04. The summed E-state index contributed by atoms with van der Waals surface area (Å²) in [5.41, 5.74) is 2.30. The summed E-state index contributed by atoms with van der Waals surface area (Å²) >= 11 is 1.65. The van der Waals surface area contributed by atoms with E-state index in [0.29, 0.717) is 12.2 Å².